The number of ether oxygens (including phenoxy) is 2. The Kier molecular flexibility index (Phi) is 7.95. The molecule has 0 radical (unpaired) electrons. The molecule has 0 fully saturated rings. The molecule has 0 saturated heterocycles. The van der Waals surface area contributed by atoms with Crippen molar-refractivity contribution in [2.75, 3.05) is 20.1 Å². The van der Waals surface area contributed by atoms with Gasteiger partial charge in [-0.1, -0.05) is 30.3 Å². The van der Waals surface area contributed by atoms with Gasteiger partial charge < -0.3 is 14.6 Å². The molecule has 1 unspecified atom stereocenters. The molecule has 0 spiro atoms. The highest BCUT2D eigenvalue weighted by molar-refractivity contribution is 5.69. The number of aliphatic carboxylic acids is 1. The zero-order valence-corrected chi connectivity index (χ0v) is 18.0. The minimum absolute atomic E-state index is 0.0580. The maximum Gasteiger partial charge on any atom is 0.416 e. The molecule has 5 nitrogen and oxygen atoms in total. The van der Waals surface area contributed by atoms with E-state index in [1.165, 1.54) is 12.1 Å². The number of carboxylic acids is 1. The van der Waals surface area contributed by atoms with Crippen molar-refractivity contribution in [3.63, 3.8) is 0 Å². The molecule has 3 rings (SSSR count). The van der Waals surface area contributed by atoms with E-state index in [4.69, 9.17) is 14.6 Å². The normalized spacial score (nSPS) is 12.4. The second-order valence-corrected chi connectivity index (χ2v) is 7.53. The van der Waals surface area contributed by atoms with Crippen LogP contribution in [0.5, 0.6) is 17.2 Å². The highest BCUT2D eigenvalue weighted by atomic mass is 19.4. The Balaban J connectivity index is 1.65. The Bertz CT molecular complexity index is 1020. The van der Waals surface area contributed by atoms with E-state index in [1.54, 1.807) is 36.2 Å². The molecular formula is C25H24F3NO4. The SMILES string of the molecule is CN(CCC(Oc1ccc(Oc2ccc(C(F)(F)F)cc2)cc1)c1ccccc1)CC(=O)O. The summed E-state index contributed by atoms with van der Waals surface area (Å²) in [6.07, 6.45) is -4.10. The van der Waals surface area contributed by atoms with E-state index in [1.807, 2.05) is 30.3 Å². The quantitative estimate of drug-likeness (QED) is 0.402. The largest absolute Gasteiger partial charge is 0.486 e. The van der Waals surface area contributed by atoms with Gasteiger partial charge in [0.1, 0.15) is 23.4 Å². The van der Waals surface area contributed by atoms with Crippen molar-refractivity contribution in [3.8, 4) is 17.2 Å². The van der Waals surface area contributed by atoms with Crippen LogP contribution in [-0.4, -0.2) is 36.1 Å². The molecule has 0 saturated carbocycles. The van der Waals surface area contributed by atoms with Crippen molar-refractivity contribution in [2.45, 2.75) is 18.7 Å². The van der Waals surface area contributed by atoms with E-state index >= 15 is 0 Å². The van der Waals surface area contributed by atoms with Crippen molar-refractivity contribution in [1.29, 1.82) is 0 Å². The van der Waals surface area contributed by atoms with Gasteiger partial charge in [-0.05, 0) is 61.1 Å². The summed E-state index contributed by atoms with van der Waals surface area (Å²) in [5.41, 5.74) is 0.228. The first-order valence-electron chi connectivity index (χ1n) is 10.3. The van der Waals surface area contributed by atoms with Gasteiger partial charge in [0.05, 0.1) is 12.1 Å². The van der Waals surface area contributed by atoms with Crippen molar-refractivity contribution >= 4 is 5.97 Å². The number of halogens is 3. The van der Waals surface area contributed by atoms with Gasteiger partial charge in [-0.15, -0.1) is 0 Å². The molecule has 8 heteroatoms. The van der Waals surface area contributed by atoms with Crippen molar-refractivity contribution in [1.82, 2.24) is 4.90 Å². The number of alkyl halides is 3. The van der Waals surface area contributed by atoms with Gasteiger partial charge in [-0.2, -0.15) is 13.2 Å². The summed E-state index contributed by atoms with van der Waals surface area (Å²) < 4.78 is 49.8. The highest BCUT2D eigenvalue weighted by Crippen LogP contribution is 2.32. The van der Waals surface area contributed by atoms with Gasteiger partial charge in [0.15, 0.2) is 0 Å². The first-order chi connectivity index (χ1) is 15.7. The van der Waals surface area contributed by atoms with Gasteiger partial charge in [-0.3, -0.25) is 9.69 Å². The van der Waals surface area contributed by atoms with Crippen molar-refractivity contribution in [3.05, 3.63) is 90.0 Å². The second kappa shape index (κ2) is 10.9. The van der Waals surface area contributed by atoms with Crippen LogP contribution in [0, 0.1) is 0 Å². The molecule has 174 valence electrons. The number of hydrogen-bond acceptors (Lipinski definition) is 4. The van der Waals surface area contributed by atoms with Gasteiger partial charge in [0.2, 0.25) is 0 Å². The average molecular weight is 459 g/mol. The number of hydrogen-bond donors (Lipinski definition) is 1. The number of rotatable bonds is 10. The first kappa shape index (κ1) is 24.1. The van der Waals surface area contributed by atoms with Gasteiger partial charge in [-0.25, -0.2) is 0 Å². The van der Waals surface area contributed by atoms with Crippen LogP contribution in [0.3, 0.4) is 0 Å². The monoisotopic (exact) mass is 459 g/mol. The third-order valence-electron chi connectivity index (χ3n) is 4.87. The van der Waals surface area contributed by atoms with Crippen LogP contribution in [-0.2, 0) is 11.0 Å². The summed E-state index contributed by atoms with van der Waals surface area (Å²) >= 11 is 0. The van der Waals surface area contributed by atoms with E-state index in [2.05, 4.69) is 0 Å². The summed E-state index contributed by atoms with van der Waals surface area (Å²) in [6.45, 7) is 0.471. The number of carboxylic acid groups (broad SMARTS) is 1. The Labute approximate surface area is 190 Å². The molecule has 0 amide bonds. The maximum atomic E-state index is 12.7. The van der Waals surface area contributed by atoms with Crippen LogP contribution in [0.2, 0.25) is 0 Å². The lowest BCUT2D eigenvalue weighted by atomic mass is 10.1. The Morgan fingerprint density at radius 3 is 2.00 bits per heavy atom. The Hall–Kier alpha value is -3.52. The Morgan fingerprint density at radius 2 is 1.45 bits per heavy atom. The van der Waals surface area contributed by atoms with Crippen molar-refractivity contribution in [2.24, 2.45) is 0 Å². The molecular weight excluding hydrogens is 435 g/mol. The van der Waals surface area contributed by atoms with E-state index < -0.39 is 17.7 Å². The molecule has 33 heavy (non-hydrogen) atoms. The van der Waals surface area contributed by atoms with E-state index in [0.717, 1.165) is 17.7 Å². The molecule has 0 aliphatic rings. The third kappa shape index (κ3) is 7.54. The first-order valence-corrected chi connectivity index (χ1v) is 10.3. The molecule has 0 aliphatic heterocycles. The minimum Gasteiger partial charge on any atom is -0.486 e. The zero-order chi connectivity index (χ0) is 23.8. The summed E-state index contributed by atoms with van der Waals surface area (Å²) in [7, 11) is 1.74. The number of nitrogens with zero attached hydrogens (tertiary/aromatic N) is 1. The fourth-order valence-electron chi connectivity index (χ4n) is 3.21. The maximum absolute atomic E-state index is 12.7. The standard InChI is InChI=1S/C25H24F3NO4/c1-29(17-24(30)31)16-15-23(18-5-3-2-4-6-18)33-22-13-11-21(12-14-22)32-20-9-7-19(8-10-20)25(26,27)28/h2-14,23H,15-17H2,1H3,(H,30,31). The van der Waals surface area contributed by atoms with Gasteiger partial charge in [0.25, 0.3) is 0 Å². The number of benzene rings is 3. The summed E-state index contributed by atoms with van der Waals surface area (Å²) in [4.78, 5) is 12.6. The Morgan fingerprint density at radius 1 is 0.909 bits per heavy atom. The van der Waals surface area contributed by atoms with E-state index in [0.29, 0.717) is 30.2 Å². The van der Waals surface area contributed by atoms with Crippen LogP contribution >= 0.6 is 0 Å². The molecule has 3 aromatic rings. The summed E-state index contributed by atoms with van der Waals surface area (Å²) in [5, 5.41) is 8.95. The fraction of sp³-hybridized carbons (Fsp3) is 0.240. The predicted octanol–water partition coefficient (Wildman–Crippen LogP) is 6.02. The lowest BCUT2D eigenvalue weighted by Crippen LogP contribution is -2.28. The van der Waals surface area contributed by atoms with Crippen LogP contribution < -0.4 is 9.47 Å². The molecule has 0 bridgehead atoms. The zero-order valence-electron chi connectivity index (χ0n) is 18.0. The smallest absolute Gasteiger partial charge is 0.416 e. The molecule has 0 aromatic heterocycles. The second-order valence-electron chi connectivity index (χ2n) is 7.53. The lowest BCUT2D eigenvalue weighted by Gasteiger charge is -2.22. The topological polar surface area (TPSA) is 59.0 Å². The van der Waals surface area contributed by atoms with E-state index in [-0.39, 0.29) is 12.6 Å². The lowest BCUT2D eigenvalue weighted by molar-refractivity contribution is -0.138. The molecule has 1 N–H and O–H groups in total. The van der Waals surface area contributed by atoms with Gasteiger partial charge >= 0.3 is 12.1 Å². The molecule has 0 aliphatic carbocycles. The summed E-state index contributed by atoms with van der Waals surface area (Å²) in [5.74, 6) is 0.447. The fourth-order valence-corrected chi connectivity index (χ4v) is 3.21. The van der Waals surface area contributed by atoms with Crippen LogP contribution in [0.25, 0.3) is 0 Å². The van der Waals surface area contributed by atoms with Crippen molar-refractivity contribution < 1.29 is 32.5 Å². The van der Waals surface area contributed by atoms with Crippen LogP contribution in [0.1, 0.15) is 23.7 Å². The molecule has 3 aromatic carbocycles. The minimum atomic E-state index is -4.39. The van der Waals surface area contributed by atoms with E-state index in [9.17, 15) is 18.0 Å². The number of likely N-dealkylation sites (N-methyl/N-ethyl adjacent to an activating group) is 1. The van der Waals surface area contributed by atoms with Crippen LogP contribution in [0.15, 0.2) is 78.9 Å². The predicted molar refractivity (Wildman–Crippen MR) is 118 cm³/mol. The van der Waals surface area contributed by atoms with Gasteiger partial charge in [0, 0.05) is 13.0 Å². The summed E-state index contributed by atoms with van der Waals surface area (Å²) in [6, 6.07) is 20.9. The molecule has 0 heterocycles. The number of carbonyl (C=O) groups is 1. The van der Waals surface area contributed by atoms with Crippen LogP contribution in [0.4, 0.5) is 13.2 Å². The highest BCUT2D eigenvalue weighted by Gasteiger charge is 2.30. The molecule has 1 atom stereocenters. The third-order valence-corrected chi connectivity index (χ3v) is 4.87. The average Bonchev–Trinajstić information content (AvgIpc) is 2.77.